The minimum absolute atomic E-state index is 0.288. The van der Waals surface area contributed by atoms with E-state index >= 15 is 0 Å². The lowest BCUT2D eigenvalue weighted by Gasteiger charge is -2.16. The van der Waals surface area contributed by atoms with Gasteiger partial charge in [0, 0.05) is 23.8 Å². The molecular formula is C20H14N3O2S2+. The first kappa shape index (κ1) is 17.4. The molecule has 1 fully saturated rings. The summed E-state index contributed by atoms with van der Waals surface area (Å²) < 4.78 is 0.288. The van der Waals surface area contributed by atoms with Crippen molar-refractivity contribution in [3.63, 3.8) is 0 Å². The van der Waals surface area contributed by atoms with Gasteiger partial charge in [-0.25, -0.2) is 4.98 Å². The van der Waals surface area contributed by atoms with Crippen molar-refractivity contribution in [2.75, 3.05) is 0 Å². The van der Waals surface area contributed by atoms with Crippen molar-refractivity contribution in [2.24, 2.45) is 0 Å². The van der Waals surface area contributed by atoms with Crippen LogP contribution in [0.2, 0.25) is 0 Å². The molecule has 0 unspecified atom stereocenters. The quantitative estimate of drug-likeness (QED) is 0.549. The molecule has 132 valence electrons. The Kier molecular flexibility index (Phi) is 4.70. The topological polar surface area (TPSA) is 63.6 Å². The van der Waals surface area contributed by atoms with Crippen LogP contribution in [-0.4, -0.2) is 21.1 Å². The van der Waals surface area contributed by atoms with E-state index in [2.05, 4.69) is 10.4 Å². The first-order chi connectivity index (χ1) is 13.1. The number of carbonyl (C=O) groups is 2. The van der Waals surface area contributed by atoms with Gasteiger partial charge >= 0.3 is 0 Å². The van der Waals surface area contributed by atoms with Crippen molar-refractivity contribution in [1.82, 2.24) is 10.4 Å². The lowest BCUT2D eigenvalue weighted by Crippen LogP contribution is -2.44. The molecule has 4 rings (SSSR count). The third-order valence-electron chi connectivity index (χ3n) is 4.06. The van der Waals surface area contributed by atoms with Crippen molar-refractivity contribution in [3.8, 4) is 0 Å². The fourth-order valence-corrected chi connectivity index (χ4v) is 3.96. The number of hydrogen-bond donors (Lipinski definition) is 1. The Morgan fingerprint density at radius 1 is 1.07 bits per heavy atom. The Morgan fingerprint density at radius 3 is 2.67 bits per heavy atom. The molecule has 2 amide bonds. The van der Waals surface area contributed by atoms with Crippen molar-refractivity contribution >= 4 is 57.0 Å². The second-order valence-electron chi connectivity index (χ2n) is 5.80. The number of rotatable bonds is 3. The number of H-pyrrole nitrogens is 1. The number of pyridine rings is 1. The van der Waals surface area contributed by atoms with Crippen molar-refractivity contribution in [3.05, 3.63) is 83.0 Å². The highest BCUT2D eigenvalue weighted by Gasteiger charge is 2.34. The number of hydrazine groups is 1. The van der Waals surface area contributed by atoms with Gasteiger partial charge in [0.15, 0.2) is 10.5 Å². The maximum Gasteiger partial charge on any atom is 0.285 e. The third-order valence-corrected chi connectivity index (χ3v) is 5.36. The summed E-state index contributed by atoms with van der Waals surface area (Å²) in [6.07, 6.45) is 3.48. The van der Waals surface area contributed by atoms with Gasteiger partial charge in [-0.1, -0.05) is 48.2 Å². The van der Waals surface area contributed by atoms with Gasteiger partial charge in [-0.05, 0) is 35.1 Å². The summed E-state index contributed by atoms with van der Waals surface area (Å²) in [5, 5.41) is 2.89. The second kappa shape index (κ2) is 7.30. The zero-order valence-corrected chi connectivity index (χ0v) is 15.6. The Labute approximate surface area is 165 Å². The molecule has 0 radical (unpaired) electrons. The van der Waals surface area contributed by atoms with Crippen LogP contribution in [0.4, 0.5) is 0 Å². The first-order valence-corrected chi connectivity index (χ1v) is 9.39. The van der Waals surface area contributed by atoms with Gasteiger partial charge < -0.3 is 0 Å². The summed E-state index contributed by atoms with van der Waals surface area (Å²) >= 11 is 6.43. The number of aromatic nitrogens is 1. The van der Waals surface area contributed by atoms with Crippen LogP contribution in [0.1, 0.15) is 16.1 Å². The Bertz CT molecular complexity index is 1090. The average molecular weight is 392 g/mol. The Balaban J connectivity index is 1.59. The third kappa shape index (κ3) is 3.47. The molecular weight excluding hydrogens is 378 g/mol. The van der Waals surface area contributed by atoms with Crippen LogP contribution in [0, 0.1) is 0 Å². The monoisotopic (exact) mass is 392 g/mol. The van der Waals surface area contributed by atoms with Crippen LogP contribution in [-0.2, 0) is 4.79 Å². The normalized spacial score (nSPS) is 15.6. The lowest BCUT2D eigenvalue weighted by molar-refractivity contribution is -0.380. The number of thiocarbonyl (C=S) groups is 1. The van der Waals surface area contributed by atoms with Crippen molar-refractivity contribution in [2.45, 2.75) is 0 Å². The number of amides is 2. The molecule has 27 heavy (non-hydrogen) atoms. The minimum Gasteiger partial charge on any atom is -0.267 e. The number of nitrogens with one attached hydrogen (secondary N) is 2. The molecule has 3 aromatic rings. The smallest absolute Gasteiger partial charge is 0.267 e. The molecule has 1 aromatic heterocycles. The van der Waals surface area contributed by atoms with Crippen LogP contribution in [0.5, 0.6) is 0 Å². The highest BCUT2D eigenvalue weighted by atomic mass is 32.2. The highest BCUT2D eigenvalue weighted by molar-refractivity contribution is 8.26. The summed E-state index contributed by atoms with van der Waals surface area (Å²) in [5.74, 6) is -0.730. The van der Waals surface area contributed by atoms with Crippen molar-refractivity contribution in [1.29, 1.82) is 0 Å². The van der Waals surface area contributed by atoms with E-state index in [-0.39, 0.29) is 16.1 Å². The first-order valence-electron chi connectivity index (χ1n) is 8.17. The molecule has 2 heterocycles. The second-order valence-corrected chi connectivity index (χ2v) is 7.48. The van der Waals surface area contributed by atoms with Crippen LogP contribution in [0.25, 0.3) is 16.8 Å². The Morgan fingerprint density at radius 2 is 1.85 bits per heavy atom. The van der Waals surface area contributed by atoms with Gasteiger partial charge in [-0.3, -0.25) is 15.0 Å². The molecule has 1 aliphatic heterocycles. The van der Waals surface area contributed by atoms with Gasteiger partial charge in [-0.2, -0.15) is 5.01 Å². The minimum atomic E-state index is -0.379. The summed E-state index contributed by atoms with van der Waals surface area (Å²) in [6, 6.07) is 18.6. The van der Waals surface area contributed by atoms with Crippen LogP contribution >= 0.6 is 24.0 Å². The van der Waals surface area contributed by atoms with E-state index in [4.69, 9.17) is 12.2 Å². The standard InChI is InChI=1S/C20H13N3O2S2/c24-18(16-10-5-7-13-6-1-2-9-15(13)16)22-23-19(25)17(27-20(23)26)12-14-8-3-4-11-21-14/h1-12H,(H,22,24)/p+1. The molecule has 2 aromatic carbocycles. The summed E-state index contributed by atoms with van der Waals surface area (Å²) in [5.41, 5.74) is 3.90. The number of benzene rings is 2. The zero-order valence-electron chi connectivity index (χ0n) is 14.0. The molecule has 7 heteroatoms. The Hall–Kier alpha value is -3.03. The maximum atomic E-state index is 12.8. The molecule has 0 atom stereocenters. The maximum absolute atomic E-state index is 12.8. The van der Waals surface area contributed by atoms with Crippen LogP contribution in [0.3, 0.4) is 0 Å². The lowest BCUT2D eigenvalue weighted by atomic mass is 10.0. The molecule has 5 nitrogen and oxygen atoms in total. The van der Waals surface area contributed by atoms with Gasteiger partial charge in [0.05, 0.1) is 4.91 Å². The molecule has 0 bridgehead atoms. The van der Waals surface area contributed by atoms with E-state index in [9.17, 15) is 9.59 Å². The van der Waals surface area contributed by atoms with Gasteiger partial charge in [0.1, 0.15) is 0 Å². The number of thioether (sulfide) groups is 1. The SMILES string of the molecule is O=C(NN1C(=O)C(=Cc2cccc[nH+]2)SC1=S)c1cccc2ccccc12. The molecule has 0 saturated carbocycles. The average Bonchev–Trinajstić information content (AvgIpc) is 2.95. The van der Waals surface area contributed by atoms with E-state index < -0.39 is 0 Å². The van der Waals surface area contributed by atoms with Gasteiger partial charge in [0.25, 0.3) is 11.8 Å². The number of carbonyl (C=O) groups excluding carboxylic acids is 2. The predicted octanol–water partition coefficient (Wildman–Crippen LogP) is 3.20. The summed E-state index contributed by atoms with van der Waals surface area (Å²) in [4.78, 5) is 28.9. The van der Waals surface area contributed by atoms with Gasteiger partial charge in [-0.15, -0.1) is 0 Å². The highest BCUT2D eigenvalue weighted by Crippen LogP contribution is 2.31. The molecule has 0 aliphatic carbocycles. The molecule has 1 saturated heterocycles. The van der Waals surface area contributed by atoms with Crippen LogP contribution in [0.15, 0.2) is 71.8 Å². The van der Waals surface area contributed by atoms with E-state index in [1.165, 1.54) is 0 Å². The molecule has 2 N–H and O–H groups in total. The largest absolute Gasteiger partial charge is 0.285 e. The van der Waals surface area contributed by atoms with Crippen LogP contribution < -0.4 is 10.4 Å². The van der Waals surface area contributed by atoms with E-state index in [0.29, 0.717) is 10.5 Å². The van der Waals surface area contributed by atoms with Gasteiger partial charge in [0.2, 0.25) is 5.69 Å². The molecule has 0 spiro atoms. The summed E-state index contributed by atoms with van der Waals surface area (Å²) in [6.45, 7) is 0. The number of fused-ring (bicyclic) bond motifs is 1. The predicted molar refractivity (Wildman–Crippen MR) is 109 cm³/mol. The summed E-state index contributed by atoms with van der Waals surface area (Å²) in [7, 11) is 0. The fraction of sp³-hybridized carbons (Fsp3) is 0. The fourth-order valence-electron chi connectivity index (χ4n) is 2.79. The van der Waals surface area contributed by atoms with E-state index in [1.807, 2.05) is 54.6 Å². The number of aromatic amines is 1. The van der Waals surface area contributed by atoms with E-state index in [0.717, 1.165) is 33.2 Å². The number of hydrogen-bond acceptors (Lipinski definition) is 4. The number of nitrogens with zero attached hydrogens (tertiary/aromatic N) is 1. The zero-order chi connectivity index (χ0) is 18.8. The van der Waals surface area contributed by atoms with Crippen molar-refractivity contribution < 1.29 is 14.6 Å². The van der Waals surface area contributed by atoms with E-state index in [1.54, 1.807) is 18.3 Å². The molecule has 1 aliphatic rings.